The Balaban J connectivity index is 2.01. The van der Waals surface area contributed by atoms with E-state index < -0.39 is 0 Å². The summed E-state index contributed by atoms with van der Waals surface area (Å²) in [6.07, 6.45) is 0. The fourth-order valence-corrected chi connectivity index (χ4v) is 3.19. The zero-order valence-electron chi connectivity index (χ0n) is 14.9. The maximum atomic E-state index is 14.1. The molecule has 2 aromatic rings. The third kappa shape index (κ3) is 4.54. The van der Waals surface area contributed by atoms with Crippen LogP contribution in [0.4, 0.5) is 4.39 Å². The molecule has 1 N–H and O–H groups in total. The molecule has 0 unspecified atom stereocenters. The Morgan fingerprint density at radius 1 is 1.38 bits per heavy atom. The van der Waals surface area contributed by atoms with E-state index in [4.69, 9.17) is 0 Å². The van der Waals surface area contributed by atoms with Crippen LogP contribution in [0.1, 0.15) is 30.1 Å². The summed E-state index contributed by atoms with van der Waals surface area (Å²) < 4.78 is 14.1. The van der Waals surface area contributed by atoms with Crippen LogP contribution in [0, 0.1) is 12.7 Å². The quantitative estimate of drug-likeness (QED) is 0.663. The van der Waals surface area contributed by atoms with E-state index in [1.54, 1.807) is 24.5 Å². The lowest BCUT2D eigenvalue weighted by Gasteiger charge is -2.29. The minimum absolute atomic E-state index is 0.175. The Labute approximate surface area is 147 Å². The Kier molecular flexibility index (Phi) is 5.94. The Hall–Kier alpha value is -1.95. The first-order valence-corrected chi connectivity index (χ1v) is 8.79. The molecule has 1 aromatic heterocycles. The van der Waals surface area contributed by atoms with Gasteiger partial charge in [0.1, 0.15) is 5.82 Å². The first-order valence-electron chi connectivity index (χ1n) is 7.91. The highest BCUT2D eigenvalue weighted by atomic mass is 32.1. The number of rotatable bonds is 5. The maximum absolute atomic E-state index is 14.1. The van der Waals surface area contributed by atoms with Crippen molar-refractivity contribution in [3.8, 4) is 0 Å². The molecule has 0 spiro atoms. The second kappa shape index (κ2) is 7.75. The summed E-state index contributed by atoms with van der Waals surface area (Å²) in [5.41, 5.74) is 1.38. The van der Waals surface area contributed by atoms with Gasteiger partial charge in [-0.25, -0.2) is 9.37 Å². The van der Waals surface area contributed by atoms with Gasteiger partial charge in [0.05, 0.1) is 17.2 Å². The van der Waals surface area contributed by atoms with E-state index in [2.05, 4.69) is 20.7 Å². The first-order chi connectivity index (χ1) is 11.3. The Bertz CT molecular complexity index is 709. The van der Waals surface area contributed by atoms with Crippen molar-refractivity contribution in [2.24, 2.45) is 4.99 Å². The third-order valence-electron chi connectivity index (χ3n) is 3.93. The molecule has 4 nitrogen and oxygen atoms in total. The highest BCUT2D eigenvalue weighted by Gasteiger charge is 2.24. The van der Waals surface area contributed by atoms with Crippen LogP contribution in [0.3, 0.4) is 0 Å². The number of nitrogens with zero attached hydrogens (tertiary/aromatic N) is 3. The second-order valence-electron chi connectivity index (χ2n) is 6.48. The van der Waals surface area contributed by atoms with Gasteiger partial charge >= 0.3 is 0 Å². The molecule has 0 saturated carbocycles. The molecule has 2 rings (SSSR count). The summed E-state index contributed by atoms with van der Waals surface area (Å²) in [5, 5.41) is 6.46. The predicted octanol–water partition coefficient (Wildman–Crippen LogP) is 3.58. The van der Waals surface area contributed by atoms with Gasteiger partial charge in [-0.1, -0.05) is 32.0 Å². The van der Waals surface area contributed by atoms with Gasteiger partial charge in [0.2, 0.25) is 0 Å². The highest BCUT2D eigenvalue weighted by molar-refractivity contribution is 7.09. The number of hydrogen-bond donors (Lipinski definition) is 1. The van der Waals surface area contributed by atoms with Gasteiger partial charge in [-0.2, -0.15) is 0 Å². The fraction of sp³-hybridized carbons (Fsp3) is 0.444. The van der Waals surface area contributed by atoms with Crippen molar-refractivity contribution in [3.63, 3.8) is 0 Å². The van der Waals surface area contributed by atoms with E-state index in [1.165, 1.54) is 6.07 Å². The van der Waals surface area contributed by atoms with Crippen LogP contribution in [0.25, 0.3) is 0 Å². The Morgan fingerprint density at radius 2 is 2.08 bits per heavy atom. The largest absolute Gasteiger partial charge is 0.355 e. The van der Waals surface area contributed by atoms with E-state index in [9.17, 15) is 4.39 Å². The van der Waals surface area contributed by atoms with Gasteiger partial charge in [0.15, 0.2) is 5.96 Å². The van der Waals surface area contributed by atoms with Gasteiger partial charge in [0, 0.05) is 31.4 Å². The first kappa shape index (κ1) is 18.4. The van der Waals surface area contributed by atoms with Crippen molar-refractivity contribution in [3.05, 3.63) is 51.7 Å². The molecule has 130 valence electrons. The van der Waals surface area contributed by atoms with E-state index in [0.717, 1.165) is 16.7 Å². The molecule has 0 aliphatic heterocycles. The number of nitrogens with one attached hydrogen (secondary N) is 1. The van der Waals surface area contributed by atoms with E-state index in [-0.39, 0.29) is 11.2 Å². The fourth-order valence-electron chi connectivity index (χ4n) is 2.59. The van der Waals surface area contributed by atoms with Crippen LogP contribution in [0.5, 0.6) is 0 Å². The van der Waals surface area contributed by atoms with Crippen molar-refractivity contribution >= 4 is 17.3 Å². The van der Waals surface area contributed by atoms with Gasteiger partial charge in [-0.15, -0.1) is 11.3 Å². The number of benzene rings is 1. The third-order valence-corrected chi connectivity index (χ3v) is 4.75. The van der Waals surface area contributed by atoms with Crippen LogP contribution >= 0.6 is 11.3 Å². The zero-order chi connectivity index (χ0) is 17.7. The Morgan fingerprint density at radius 3 is 2.67 bits per heavy atom. The second-order valence-corrected chi connectivity index (χ2v) is 7.54. The SMILES string of the molecule is CN=C(NCC(C)(C)c1ccccc1F)N(C)Cc1csc(C)n1. The molecule has 0 aliphatic rings. The summed E-state index contributed by atoms with van der Waals surface area (Å²) in [4.78, 5) is 10.8. The van der Waals surface area contributed by atoms with Gasteiger partial charge in [-0.05, 0) is 18.6 Å². The van der Waals surface area contributed by atoms with Crippen molar-refractivity contribution in [1.29, 1.82) is 0 Å². The van der Waals surface area contributed by atoms with Crippen LogP contribution < -0.4 is 5.32 Å². The molecule has 24 heavy (non-hydrogen) atoms. The summed E-state index contributed by atoms with van der Waals surface area (Å²) in [5.74, 6) is 0.593. The van der Waals surface area contributed by atoms with E-state index in [1.807, 2.05) is 44.9 Å². The smallest absolute Gasteiger partial charge is 0.193 e. The van der Waals surface area contributed by atoms with Crippen molar-refractivity contribution in [2.75, 3.05) is 20.6 Å². The molecule has 0 saturated heterocycles. The molecule has 1 aromatic carbocycles. The number of halogens is 1. The summed E-state index contributed by atoms with van der Waals surface area (Å²) in [6, 6.07) is 6.92. The molecule has 6 heteroatoms. The minimum Gasteiger partial charge on any atom is -0.355 e. The number of hydrogen-bond acceptors (Lipinski definition) is 3. The van der Waals surface area contributed by atoms with Crippen LogP contribution in [0.2, 0.25) is 0 Å². The molecule has 0 fully saturated rings. The topological polar surface area (TPSA) is 40.5 Å². The molecular weight excluding hydrogens is 323 g/mol. The standard InChI is InChI=1S/C18H25FN4S/c1-13-22-14(11-24-13)10-23(5)17(20-4)21-12-18(2,3)15-8-6-7-9-16(15)19/h6-9,11H,10,12H2,1-5H3,(H,20,21). The number of aromatic nitrogens is 1. The minimum atomic E-state index is -0.348. The zero-order valence-corrected chi connectivity index (χ0v) is 15.7. The van der Waals surface area contributed by atoms with E-state index in [0.29, 0.717) is 18.7 Å². The average Bonchev–Trinajstić information content (AvgIpc) is 2.93. The molecule has 0 amide bonds. The average molecular weight is 348 g/mol. The molecule has 0 radical (unpaired) electrons. The van der Waals surface area contributed by atoms with Crippen molar-refractivity contribution in [2.45, 2.75) is 32.7 Å². The lowest BCUT2D eigenvalue weighted by atomic mass is 9.84. The molecule has 0 aliphatic carbocycles. The predicted molar refractivity (Wildman–Crippen MR) is 99.1 cm³/mol. The number of guanidine groups is 1. The lowest BCUT2D eigenvalue weighted by Crippen LogP contribution is -2.44. The summed E-state index contributed by atoms with van der Waals surface area (Å²) >= 11 is 1.64. The van der Waals surface area contributed by atoms with Gasteiger partial charge in [0.25, 0.3) is 0 Å². The van der Waals surface area contributed by atoms with Gasteiger partial charge in [-0.3, -0.25) is 4.99 Å². The van der Waals surface area contributed by atoms with Gasteiger partial charge < -0.3 is 10.2 Å². The number of thiazole rings is 1. The number of aliphatic imine (C=N–C) groups is 1. The molecule has 0 bridgehead atoms. The molecular formula is C18H25FN4S. The normalized spacial score (nSPS) is 12.3. The lowest BCUT2D eigenvalue weighted by molar-refractivity contribution is 0.435. The summed E-state index contributed by atoms with van der Waals surface area (Å²) in [7, 11) is 3.72. The highest BCUT2D eigenvalue weighted by Crippen LogP contribution is 2.24. The van der Waals surface area contributed by atoms with Crippen LogP contribution in [-0.2, 0) is 12.0 Å². The monoisotopic (exact) mass is 348 g/mol. The molecule has 0 atom stereocenters. The van der Waals surface area contributed by atoms with Crippen LogP contribution in [-0.4, -0.2) is 36.5 Å². The summed E-state index contributed by atoms with van der Waals surface area (Å²) in [6.45, 7) is 7.31. The van der Waals surface area contributed by atoms with E-state index >= 15 is 0 Å². The maximum Gasteiger partial charge on any atom is 0.193 e. The number of aryl methyl sites for hydroxylation is 1. The molecule has 1 heterocycles. The van der Waals surface area contributed by atoms with Crippen molar-refractivity contribution in [1.82, 2.24) is 15.2 Å². The van der Waals surface area contributed by atoms with Crippen LogP contribution in [0.15, 0.2) is 34.6 Å². The van der Waals surface area contributed by atoms with Crippen molar-refractivity contribution < 1.29 is 4.39 Å².